The molecule has 0 aromatic rings. The van der Waals surface area contributed by atoms with Crippen LogP contribution in [0.3, 0.4) is 0 Å². The molecule has 0 saturated carbocycles. The Morgan fingerprint density at radius 1 is 1.62 bits per heavy atom. The van der Waals surface area contributed by atoms with Crippen LogP contribution in [0.1, 0.15) is 6.92 Å². The molecular formula is C7H10N2O4. The molecule has 0 aliphatic heterocycles. The second-order valence-corrected chi connectivity index (χ2v) is 1.86. The quantitative estimate of drug-likeness (QED) is 0.203. The van der Waals surface area contributed by atoms with Gasteiger partial charge in [0.05, 0.1) is 19.0 Å². The van der Waals surface area contributed by atoms with Crippen molar-refractivity contribution >= 4 is 18.2 Å². The third kappa shape index (κ3) is 4.57. The third-order valence-electron chi connectivity index (χ3n) is 0.952. The van der Waals surface area contributed by atoms with Crippen LogP contribution >= 0.6 is 0 Å². The van der Waals surface area contributed by atoms with Gasteiger partial charge in [0.2, 0.25) is 0 Å². The number of hydrogen-bond acceptors (Lipinski definition) is 4. The summed E-state index contributed by atoms with van der Waals surface area (Å²) in [5, 5.41) is 8.89. The van der Waals surface area contributed by atoms with Crippen LogP contribution in [0.2, 0.25) is 0 Å². The lowest BCUT2D eigenvalue weighted by Crippen LogP contribution is -2.06. The van der Waals surface area contributed by atoms with E-state index in [1.54, 1.807) is 6.92 Å². The van der Waals surface area contributed by atoms with Crippen molar-refractivity contribution in [2.45, 2.75) is 6.92 Å². The van der Waals surface area contributed by atoms with E-state index in [1.807, 2.05) is 0 Å². The maximum Gasteiger partial charge on any atom is 0.334 e. The van der Waals surface area contributed by atoms with Gasteiger partial charge < -0.3 is 15.6 Å². The number of carbonyl (C=O) groups excluding carboxylic acids is 2. The van der Waals surface area contributed by atoms with Gasteiger partial charge >= 0.3 is 11.9 Å². The van der Waals surface area contributed by atoms with Crippen molar-refractivity contribution in [2.24, 2.45) is 10.7 Å². The Hall–Kier alpha value is -1.85. The van der Waals surface area contributed by atoms with Crippen LogP contribution in [-0.4, -0.2) is 29.9 Å². The molecule has 0 aromatic heterocycles. The zero-order valence-electron chi connectivity index (χ0n) is 7.06. The maximum atomic E-state index is 10.7. The van der Waals surface area contributed by atoms with Crippen LogP contribution in [0, 0.1) is 0 Å². The topological polar surface area (TPSA) is 102 Å². The van der Waals surface area contributed by atoms with E-state index in [9.17, 15) is 9.59 Å². The molecule has 0 aliphatic rings. The lowest BCUT2D eigenvalue weighted by atomic mass is 10.4. The highest BCUT2D eigenvalue weighted by atomic mass is 16.5. The fourth-order valence-corrected chi connectivity index (χ4v) is 0.491. The summed E-state index contributed by atoms with van der Waals surface area (Å²) >= 11 is 0. The first-order chi connectivity index (χ1) is 6.11. The molecule has 72 valence electrons. The Morgan fingerprint density at radius 3 is 2.69 bits per heavy atom. The number of nitrogens with two attached hydrogens (primary N) is 1. The first kappa shape index (κ1) is 11.2. The second-order valence-electron chi connectivity index (χ2n) is 1.86. The van der Waals surface area contributed by atoms with Crippen molar-refractivity contribution in [3.8, 4) is 0 Å². The van der Waals surface area contributed by atoms with Crippen molar-refractivity contribution in [3.63, 3.8) is 0 Å². The van der Waals surface area contributed by atoms with Gasteiger partial charge in [-0.05, 0) is 6.92 Å². The summed E-state index contributed by atoms with van der Waals surface area (Å²) in [7, 11) is 0. The Labute approximate surface area is 74.7 Å². The van der Waals surface area contributed by atoms with Crippen molar-refractivity contribution in [2.75, 3.05) is 6.61 Å². The zero-order valence-corrected chi connectivity index (χ0v) is 7.06. The van der Waals surface area contributed by atoms with E-state index < -0.39 is 17.6 Å². The van der Waals surface area contributed by atoms with Gasteiger partial charge in [-0.3, -0.25) is 4.79 Å². The number of hydrogen-bond donors (Lipinski definition) is 2. The van der Waals surface area contributed by atoms with E-state index in [-0.39, 0.29) is 6.61 Å². The number of ether oxygens (including phenoxy) is 1. The smallest absolute Gasteiger partial charge is 0.334 e. The Kier molecular flexibility index (Phi) is 4.94. The van der Waals surface area contributed by atoms with E-state index in [0.717, 1.165) is 6.34 Å². The predicted octanol–water partition coefficient (Wildman–Crippen LogP) is -0.495. The van der Waals surface area contributed by atoms with Gasteiger partial charge in [0.15, 0.2) is 5.76 Å². The number of carbonyl (C=O) groups is 2. The highest BCUT2D eigenvalue weighted by Crippen LogP contribution is 1.93. The molecule has 3 N–H and O–H groups in total. The number of nitrogens with zero attached hydrogens (tertiary/aromatic N) is 1. The summed E-state index contributed by atoms with van der Waals surface area (Å²) in [6.07, 6.45) is 1.36. The highest BCUT2D eigenvalue weighted by Gasteiger charge is 2.07. The molecule has 13 heavy (non-hydrogen) atoms. The van der Waals surface area contributed by atoms with Crippen molar-refractivity contribution < 1.29 is 19.4 Å². The minimum Gasteiger partial charge on any atom is -0.503 e. The molecule has 0 fully saturated rings. The fraction of sp³-hybridized carbons (Fsp3) is 0.286. The number of esters is 1. The summed E-state index contributed by atoms with van der Waals surface area (Å²) in [5.74, 6) is -2.60. The molecule has 0 atom stereocenters. The minimum absolute atomic E-state index is 0.164. The van der Waals surface area contributed by atoms with Gasteiger partial charge in [-0.1, -0.05) is 0 Å². The van der Waals surface area contributed by atoms with Crippen LogP contribution in [0.4, 0.5) is 0 Å². The van der Waals surface area contributed by atoms with Gasteiger partial charge in [0, 0.05) is 0 Å². The molecule has 6 heteroatoms. The standard InChI is InChI=1S/C7H10N2O4/c1-2-13-6(11)3-5(10)7(12)9-4-8/h3-4,10H,2H2,1H3,(H2,8,9,12)/b5-3-. The monoisotopic (exact) mass is 186 g/mol. The van der Waals surface area contributed by atoms with Crippen LogP contribution < -0.4 is 5.73 Å². The largest absolute Gasteiger partial charge is 0.503 e. The van der Waals surface area contributed by atoms with Crippen molar-refractivity contribution in [1.82, 2.24) is 0 Å². The summed E-state index contributed by atoms with van der Waals surface area (Å²) < 4.78 is 4.43. The number of rotatable bonds is 3. The molecule has 0 aromatic carbocycles. The Morgan fingerprint density at radius 2 is 2.23 bits per heavy atom. The van der Waals surface area contributed by atoms with E-state index >= 15 is 0 Å². The first-order valence-corrected chi connectivity index (χ1v) is 3.47. The van der Waals surface area contributed by atoms with Crippen LogP contribution in [0.25, 0.3) is 0 Å². The lowest BCUT2D eigenvalue weighted by Gasteiger charge is -1.95. The first-order valence-electron chi connectivity index (χ1n) is 3.47. The third-order valence-corrected chi connectivity index (χ3v) is 0.952. The normalized spacial score (nSPS) is 11.6. The molecule has 0 aliphatic carbocycles. The fourth-order valence-electron chi connectivity index (χ4n) is 0.491. The summed E-state index contributed by atoms with van der Waals surface area (Å²) in [6, 6.07) is 0. The van der Waals surface area contributed by atoms with Gasteiger partial charge in [0.25, 0.3) is 0 Å². The average Bonchev–Trinajstić information content (AvgIpc) is 2.05. The number of aliphatic hydroxyl groups is 1. The molecule has 0 radical (unpaired) electrons. The van der Waals surface area contributed by atoms with Gasteiger partial charge in [0.1, 0.15) is 0 Å². The molecule has 0 unspecified atom stereocenters. The van der Waals surface area contributed by atoms with Gasteiger partial charge in [-0.15, -0.1) is 0 Å². The van der Waals surface area contributed by atoms with Crippen LogP contribution in [0.5, 0.6) is 0 Å². The Balaban J connectivity index is 4.31. The van der Waals surface area contributed by atoms with Crippen molar-refractivity contribution in [3.05, 3.63) is 11.8 Å². The molecule has 0 rings (SSSR count). The van der Waals surface area contributed by atoms with E-state index in [1.165, 1.54) is 0 Å². The van der Waals surface area contributed by atoms with Crippen molar-refractivity contribution in [1.29, 1.82) is 0 Å². The molecule has 0 heterocycles. The molecule has 1 amide bonds. The Bertz CT molecular complexity index is 257. The number of amides is 1. The van der Waals surface area contributed by atoms with E-state index in [0.29, 0.717) is 6.08 Å². The summed E-state index contributed by atoms with van der Waals surface area (Å²) in [4.78, 5) is 24.4. The van der Waals surface area contributed by atoms with E-state index in [2.05, 4.69) is 9.73 Å². The zero-order chi connectivity index (χ0) is 10.3. The van der Waals surface area contributed by atoms with Crippen LogP contribution in [0.15, 0.2) is 16.8 Å². The molecular weight excluding hydrogens is 176 g/mol. The highest BCUT2D eigenvalue weighted by molar-refractivity contribution is 6.00. The second kappa shape index (κ2) is 5.76. The SMILES string of the molecule is CCOC(=O)/C=C(\O)C(=O)N=CN. The number of aliphatic hydroxyl groups excluding tert-OH is 1. The summed E-state index contributed by atoms with van der Waals surface area (Å²) in [6.45, 7) is 1.76. The van der Waals surface area contributed by atoms with E-state index in [4.69, 9.17) is 10.8 Å². The lowest BCUT2D eigenvalue weighted by molar-refractivity contribution is -0.137. The molecule has 0 spiro atoms. The number of aliphatic imine (C=N–C) groups is 1. The van der Waals surface area contributed by atoms with Crippen LogP contribution in [-0.2, 0) is 14.3 Å². The minimum atomic E-state index is -0.990. The molecule has 6 nitrogen and oxygen atoms in total. The summed E-state index contributed by atoms with van der Waals surface area (Å²) in [5.41, 5.74) is 4.79. The average molecular weight is 186 g/mol. The van der Waals surface area contributed by atoms with Gasteiger partial charge in [-0.25, -0.2) is 4.79 Å². The predicted molar refractivity (Wildman–Crippen MR) is 45.0 cm³/mol. The van der Waals surface area contributed by atoms with Gasteiger partial charge in [-0.2, -0.15) is 4.99 Å². The maximum absolute atomic E-state index is 10.7. The molecule has 0 saturated heterocycles. The molecule has 0 bridgehead atoms.